The maximum Gasteiger partial charge on any atom is 0.417 e. The van der Waals surface area contributed by atoms with Gasteiger partial charge in [-0.25, -0.2) is 5.43 Å². The molecule has 2 aromatic rings. The maximum atomic E-state index is 12.8. The smallest absolute Gasteiger partial charge is 0.343 e. The van der Waals surface area contributed by atoms with Crippen molar-refractivity contribution in [3.63, 3.8) is 0 Å². The van der Waals surface area contributed by atoms with Gasteiger partial charge in [0.2, 0.25) is 0 Å². The van der Waals surface area contributed by atoms with Crippen molar-refractivity contribution in [3.8, 4) is 0 Å². The number of hydrogen-bond donors (Lipinski definition) is 2. The molecule has 26 heavy (non-hydrogen) atoms. The highest BCUT2D eigenvalue weighted by Gasteiger charge is 2.32. The lowest BCUT2D eigenvalue weighted by Gasteiger charge is -2.09. The molecule has 0 heterocycles. The summed E-state index contributed by atoms with van der Waals surface area (Å²) in [5.41, 5.74) is 2.35. The van der Waals surface area contributed by atoms with Crippen LogP contribution in [0, 0.1) is 6.92 Å². The predicted molar refractivity (Wildman–Crippen MR) is 90.7 cm³/mol. The SMILES string of the molecule is Cc1cccc(C(=O)NCC(=O)NN=Cc2ccccc2C(F)(F)F)c1. The zero-order valence-corrected chi connectivity index (χ0v) is 13.8. The second-order valence-corrected chi connectivity index (χ2v) is 5.43. The van der Waals surface area contributed by atoms with E-state index in [1.54, 1.807) is 18.2 Å². The molecule has 0 aliphatic heterocycles. The normalized spacial score (nSPS) is 11.4. The molecule has 8 heteroatoms. The topological polar surface area (TPSA) is 70.6 Å². The van der Waals surface area contributed by atoms with Gasteiger partial charge in [-0.1, -0.05) is 35.9 Å². The molecule has 2 N–H and O–H groups in total. The molecule has 0 aliphatic rings. The number of carbonyl (C=O) groups is 2. The van der Waals surface area contributed by atoms with Gasteiger partial charge in [-0.3, -0.25) is 9.59 Å². The van der Waals surface area contributed by atoms with Gasteiger partial charge in [0.25, 0.3) is 11.8 Å². The van der Waals surface area contributed by atoms with Gasteiger partial charge in [0.05, 0.1) is 18.3 Å². The summed E-state index contributed by atoms with van der Waals surface area (Å²) in [6.07, 6.45) is -3.61. The third-order valence-corrected chi connectivity index (χ3v) is 3.35. The molecule has 0 aliphatic carbocycles. The zero-order chi connectivity index (χ0) is 19.2. The molecule has 0 unspecified atom stereocenters. The Morgan fingerprint density at radius 3 is 2.54 bits per heavy atom. The quantitative estimate of drug-likeness (QED) is 0.633. The molecular formula is C18H16F3N3O2. The molecule has 2 rings (SSSR count). The van der Waals surface area contributed by atoms with E-state index in [4.69, 9.17) is 0 Å². The van der Waals surface area contributed by atoms with E-state index < -0.39 is 23.6 Å². The molecule has 5 nitrogen and oxygen atoms in total. The van der Waals surface area contributed by atoms with Crippen molar-refractivity contribution in [2.24, 2.45) is 5.10 Å². The van der Waals surface area contributed by atoms with Gasteiger partial charge in [-0.15, -0.1) is 0 Å². The number of alkyl halides is 3. The van der Waals surface area contributed by atoms with Crippen LogP contribution in [0.15, 0.2) is 53.6 Å². The minimum Gasteiger partial charge on any atom is -0.343 e. The fraction of sp³-hybridized carbons (Fsp3) is 0.167. The largest absolute Gasteiger partial charge is 0.417 e. The molecule has 136 valence electrons. The van der Waals surface area contributed by atoms with E-state index in [0.717, 1.165) is 17.8 Å². The Hall–Kier alpha value is -3.16. The zero-order valence-electron chi connectivity index (χ0n) is 13.8. The summed E-state index contributed by atoms with van der Waals surface area (Å²) in [5.74, 6) is -1.10. The highest BCUT2D eigenvalue weighted by molar-refractivity contribution is 5.96. The lowest BCUT2D eigenvalue weighted by Crippen LogP contribution is -2.34. The van der Waals surface area contributed by atoms with Crippen LogP contribution in [-0.4, -0.2) is 24.6 Å². The Morgan fingerprint density at radius 1 is 1.12 bits per heavy atom. The first-order valence-corrected chi connectivity index (χ1v) is 7.60. The number of amides is 2. The minimum absolute atomic E-state index is 0.177. The van der Waals surface area contributed by atoms with Crippen LogP contribution in [0.1, 0.15) is 27.0 Å². The first-order valence-electron chi connectivity index (χ1n) is 7.60. The van der Waals surface area contributed by atoms with Gasteiger partial charge in [0.1, 0.15) is 0 Å². The van der Waals surface area contributed by atoms with Crippen LogP contribution in [0.5, 0.6) is 0 Å². The summed E-state index contributed by atoms with van der Waals surface area (Å²) in [6.45, 7) is 1.47. The van der Waals surface area contributed by atoms with Crippen LogP contribution < -0.4 is 10.7 Å². The van der Waals surface area contributed by atoms with E-state index in [0.29, 0.717) is 5.56 Å². The van der Waals surface area contributed by atoms with Crippen LogP contribution in [0.25, 0.3) is 0 Å². The van der Waals surface area contributed by atoms with Crippen LogP contribution in [0.4, 0.5) is 13.2 Å². The molecule has 0 atom stereocenters. The van der Waals surface area contributed by atoms with Crippen LogP contribution >= 0.6 is 0 Å². The Labute approximate surface area is 147 Å². The summed E-state index contributed by atoms with van der Waals surface area (Å²) in [7, 11) is 0. The first kappa shape index (κ1) is 19.2. The molecule has 0 radical (unpaired) electrons. The van der Waals surface area contributed by atoms with Crippen molar-refractivity contribution in [1.29, 1.82) is 0 Å². The number of hydrogen-bond acceptors (Lipinski definition) is 3. The highest BCUT2D eigenvalue weighted by Crippen LogP contribution is 2.30. The number of aryl methyl sites for hydroxylation is 1. The second kappa shape index (κ2) is 8.28. The monoisotopic (exact) mass is 363 g/mol. The van der Waals surface area contributed by atoms with Crippen LogP contribution in [-0.2, 0) is 11.0 Å². The van der Waals surface area contributed by atoms with E-state index >= 15 is 0 Å². The van der Waals surface area contributed by atoms with Crippen LogP contribution in [0.2, 0.25) is 0 Å². The van der Waals surface area contributed by atoms with Crippen molar-refractivity contribution in [3.05, 3.63) is 70.8 Å². The molecular weight excluding hydrogens is 347 g/mol. The predicted octanol–water partition coefficient (Wildman–Crippen LogP) is 2.89. The lowest BCUT2D eigenvalue weighted by molar-refractivity contribution is -0.137. The summed E-state index contributed by atoms with van der Waals surface area (Å²) < 4.78 is 38.5. The number of hydrazone groups is 1. The molecule has 0 fully saturated rings. The second-order valence-electron chi connectivity index (χ2n) is 5.43. The minimum atomic E-state index is -4.52. The maximum absolute atomic E-state index is 12.8. The van der Waals surface area contributed by atoms with Crippen molar-refractivity contribution >= 4 is 18.0 Å². The van der Waals surface area contributed by atoms with Crippen molar-refractivity contribution in [2.45, 2.75) is 13.1 Å². The average molecular weight is 363 g/mol. The average Bonchev–Trinajstić information content (AvgIpc) is 2.59. The summed E-state index contributed by atoms with van der Waals surface area (Å²) in [6, 6.07) is 11.7. The Balaban J connectivity index is 1.89. The molecule has 2 aromatic carbocycles. The van der Waals surface area contributed by atoms with E-state index in [1.165, 1.54) is 18.2 Å². The summed E-state index contributed by atoms with van der Waals surface area (Å²) >= 11 is 0. The third kappa shape index (κ3) is 5.44. The first-order chi connectivity index (χ1) is 12.3. The summed E-state index contributed by atoms with van der Waals surface area (Å²) in [5, 5.41) is 5.91. The van der Waals surface area contributed by atoms with Crippen LogP contribution in [0.3, 0.4) is 0 Å². The van der Waals surface area contributed by atoms with Crippen molar-refractivity contribution < 1.29 is 22.8 Å². The van der Waals surface area contributed by atoms with Crippen molar-refractivity contribution in [2.75, 3.05) is 6.54 Å². The summed E-state index contributed by atoms with van der Waals surface area (Å²) in [4.78, 5) is 23.6. The molecule has 0 aromatic heterocycles. The number of carbonyl (C=O) groups excluding carboxylic acids is 2. The third-order valence-electron chi connectivity index (χ3n) is 3.35. The molecule has 0 bridgehead atoms. The van der Waals surface area contributed by atoms with E-state index in [1.807, 2.05) is 13.0 Å². The van der Waals surface area contributed by atoms with E-state index in [9.17, 15) is 22.8 Å². The molecule has 2 amide bonds. The van der Waals surface area contributed by atoms with Gasteiger partial charge in [-0.05, 0) is 25.1 Å². The van der Waals surface area contributed by atoms with Gasteiger partial charge >= 0.3 is 6.18 Å². The van der Waals surface area contributed by atoms with Gasteiger partial charge in [0, 0.05) is 11.1 Å². The molecule has 0 saturated heterocycles. The number of nitrogens with zero attached hydrogens (tertiary/aromatic N) is 1. The highest BCUT2D eigenvalue weighted by atomic mass is 19.4. The number of halogens is 3. The van der Waals surface area contributed by atoms with Gasteiger partial charge in [0.15, 0.2) is 0 Å². The van der Waals surface area contributed by atoms with Gasteiger partial charge < -0.3 is 5.32 Å². The fourth-order valence-electron chi connectivity index (χ4n) is 2.13. The standard InChI is InChI=1S/C18H16F3N3O2/c1-12-5-4-7-13(9-12)17(26)22-11-16(25)24-23-10-14-6-2-3-8-15(14)18(19,20)21/h2-10H,11H2,1H3,(H,22,26)(H,24,25). The fourth-order valence-corrected chi connectivity index (χ4v) is 2.13. The Morgan fingerprint density at radius 2 is 1.85 bits per heavy atom. The number of nitrogens with one attached hydrogen (secondary N) is 2. The lowest BCUT2D eigenvalue weighted by atomic mass is 10.1. The van der Waals surface area contributed by atoms with E-state index in [2.05, 4.69) is 15.8 Å². The Kier molecular flexibility index (Phi) is 6.11. The number of rotatable bonds is 5. The molecule has 0 spiro atoms. The Bertz CT molecular complexity index is 832. The molecule has 0 saturated carbocycles. The van der Waals surface area contributed by atoms with E-state index in [-0.39, 0.29) is 12.1 Å². The van der Waals surface area contributed by atoms with Gasteiger partial charge in [-0.2, -0.15) is 18.3 Å². The van der Waals surface area contributed by atoms with Crippen molar-refractivity contribution in [1.82, 2.24) is 10.7 Å². The number of benzene rings is 2.